The number of aromatic nitrogens is 1. The van der Waals surface area contributed by atoms with Gasteiger partial charge in [0, 0.05) is 28.9 Å². The molecule has 1 aromatic heterocycles. The summed E-state index contributed by atoms with van der Waals surface area (Å²) in [6, 6.07) is 16.3. The third-order valence-electron chi connectivity index (χ3n) is 4.17. The predicted octanol–water partition coefficient (Wildman–Crippen LogP) is 4.32. The minimum atomic E-state index is -3.67. The van der Waals surface area contributed by atoms with Gasteiger partial charge in [0.25, 0.3) is 0 Å². The number of hydrogen-bond donors (Lipinski definition) is 0. The van der Waals surface area contributed by atoms with Gasteiger partial charge in [0.15, 0.2) is 0 Å². The number of fused-ring (bicyclic) bond motifs is 1. The summed E-state index contributed by atoms with van der Waals surface area (Å²) in [4.78, 5) is 4.55. The normalized spacial score (nSPS) is 18.7. The van der Waals surface area contributed by atoms with Gasteiger partial charge < -0.3 is 0 Å². The Labute approximate surface area is 155 Å². The van der Waals surface area contributed by atoms with Crippen molar-refractivity contribution in [3.05, 3.63) is 71.4 Å². The molecule has 0 saturated carbocycles. The zero-order valence-electron chi connectivity index (χ0n) is 13.2. The molecule has 1 aliphatic heterocycles. The molecule has 0 spiro atoms. The molecule has 0 N–H and O–H groups in total. The highest BCUT2D eigenvalue weighted by atomic mass is 35.5. The maximum atomic E-state index is 13.4. The molecular weight excluding hydrogens is 376 g/mol. The first-order valence-electron chi connectivity index (χ1n) is 7.80. The van der Waals surface area contributed by atoms with Crippen LogP contribution in [0.3, 0.4) is 0 Å². The Morgan fingerprint density at radius 1 is 1.12 bits per heavy atom. The molecule has 1 aliphatic rings. The summed E-state index contributed by atoms with van der Waals surface area (Å²) in [5, 5.41) is 1.14. The van der Waals surface area contributed by atoms with Crippen LogP contribution in [0.25, 0.3) is 10.9 Å². The Bertz CT molecular complexity index is 1030. The van der Waals surface area contributed by atoms with E-state index in [0.717, 1.165) is 16.7 Å². The molecule has 1 atom stereocenters. The molecule has 1 fully saturated rings. The van der Waals surface area contributed by atoms with E-state index in [2.05, 4.69) is 4.98 Å². The Morgan fingerprint density at radius 3 is 2.76 bits per heavy atom. The van der Waals surface area contributed by atoms with E-state index in [1.807, 2.05) is 30.3 Å². The fourth-order valence-corrected chi connectivity index (χ4v) is 6.63. The molecule has 7 heteroatoms. The van der Waals surface area contributed by atoms with E-state index in [0.29, 0.717) is 17.1 Å². The first-order valence-corrected chi connectivity index (χ1v) is 10.7. The van der Waals surface area contributed by atoms with E-state index in [1.54, 1.807) is 46.5 Å². The van der Waals surface area contributed by atoms with Crippen molar-refractivity contribution >= 4 is 44.3 Å². The monoisotopic (exact) mass is 390 g/mol. The maximum Gasteiger partial charge on any atom is 0.246 e. The lowest BCUT2D eigenvalue weighted by molar-refractivity contribution is 0.435. The van der Waals surface area contributed by atoms with E-state index in [9.17, 15) is 8.42 Å². The van der Waals surface area contributed by atoms with Crippen LogP contribution in [0.2, 0.25) is 5.02 Å². The van der Waals surface area contributed by atoms with Gasteiger partial charge in [-0.3, -0.25) is 4.98 Å². The van der Waals surface area contributed by atoms with E-state index in [4.69, 9.17) is 11.6 Å². The number of rotatable bonds is 3. The Morgan fingerprint density at radius 2 is 1.92 bits per heavy atom. The van der Waals surface area contributed by atoms with Crippen molar-refractivity contribution in [2.75, 3.05) is 12.3 Å². The van der Waals surface area contributed by atoms with Crippen molar-refractivity contribution in [1.29, 1.82) is 0 Å². The van der Waals surface area contributed by atoms with Crippen LogP contribution in [-0.4, -0.2) is 30.0 Å². The Balaban J connectivity index is 1.81. The summed E-state index contributed by atoms with van der Waals surface area (Å²) >= 11 is 7.70. The van der Waals surface area contributed by atoms with Gasteiger partial charge >= 0.3 is 0 Å². The third kappa shape index (κ3) is 3.04. The second kappa shape index (κ2) is 6.61. The quantitative estimate of drug-likeness (QED) is 0.668. The minimum Gasteiger partial charge on any atom is -0.255 e. The SMILES string of the molecule is O=S(=O)(c1cccc2cccnc12)N1CCSC1c1cccc(Cl)c1. The van der Waals surface area contributed by atoms with Crippen molar-refractivity contribution < 1.29 is 8.42 Å². The predicted molar refractivity (Wildman–Crippen MR) is 102 cm³/mol. The number of halogens is 1. The molecule has 2 heterocycles. The summed E-state index contributed by atoms with van der Waals surface area (Å²) in [5.74, 6) is 0.745. The molecule has 25 heavy (non-hydrogen) atoms. The van der Waals surface area contributed by atoms with Crippen molar-refractivity contribution in [2.45, 2.75) is 10.3 Å². The van der Waals surface area contributed by atoms with Crippen LogP contribution in [0.5, 0.6) is 0 Å². The van der Waals surface area contributed by atoms with Gasteiger partial charge in [-0.15, -0.1) is 11.8 Å². The summed E-state index contributed by atoms with van der Waals surface area (Å²) < 4.78 is 28.3. The molecule has 0 aliphatic carbocycles. The maximum absolute atomic E-state index is 13.4. The topological polar surface area (TPSA) is 50.3 Å². The first kappa shape index (κ1) is 16.8. The summed E-state index contributed by atoms with van der Waals surface area (Å²) in [5.41, 5.74) is 1.40. The minimum absolute atomic E-state index is 0.250. The molecule has 4 nitrogen and oxygen atoms in total. The zero-order valence-corrected chi connectivity index (χ0v) is 15.6. The van der Waals surface area contributed by atoms with E-state index in [1.165, 1.54) is 0 Å². The summed E-state index contributed by atoms with van der Waals surface area (Å²) in [6.45, 7) is 0.466. The van der Waals surface area contributed by atoms with E-state index >= 15 is 0 Å². The van der Waals surface area contributed by atoms with Crippen molar-refractivity contribution in [3.8, 4) is 0 Å². The summed E-state index contributed by atoms with van der Waals surface area (Å²) in [6.07, 6.45) is 1.62. The molecule has 0 bridgehead atoms. The number of hydrogen-bond acceptors (Lipinski definition) is 4. The molecule has 0 radical (unpaired) electrons. The molecule has 2 aromatic carbocycles. The van der Waals surface area contributed by atoms with Crippen LogP contribution in [0.1, 0.15) is 10.9 Å². The number of sulfonamides is 1. The lowest BCUT2D eigenvalue weighted by Crippen LogP contribution is -2.30. The van der Waals surface area contributed by atoms with Crippen LogP contribution in [0.15, 0.2) is 65.7 Å². The van der Waals surface area contributed by atoms with Gasteiger partial charge in [-0.25, -0.2) is 8.42 Å². The van der Waals surface area contributed by atoms with E-state index < -0.39 is 10.0 Å². The highest BCUT2D eigenvalue weighted by Gasteiger charge is 2.37. The molecule has 0 amide bonds. The first-order chi connectivity index (χ1) is 12.1. The number of benzene rings is 2. The molecule has 4 rings (SSSR count). The van der Waals surface area contributed by atoms with Gasteiger partial charge in [-0.1, -0.05) is 41.9 Å². The van der Waals surface area contributed by atoms with Crippen molar-refractivity contribution in [1.82, 2.24) is 9.29 Å². The lowest BCUT2D eigenvalue weighted by atomic mass is 10.2. The molecule has 1 unspecified atom stereocenters. The number of pyridine rings is 1. The van der Waals surface area contributed by atoms with Crippen LogP contribution >= 0.6 is 23.4 Å². The number of para-hydroxylation sites is 1. The molecule has 1 saturated heterocycles. The van der Waals surface area contributed by atoms with Crippen LogP contribution in [0.4, 0.5) is 0 Å². The molecule has 3 aromatic rings. The lowest BCUT2D eigenvalue weighted by Gasteiger charge is -2.24. The highest BCUT2D eigenvalue weighted by molar-refractivity contribution is 8.01. The van der Waals surface area contributed by atoms with Gasteiger partial charge in [0.2, 0.25) is 10.0 Å². The average Bonchev–Trinajstić information content (AvgIpc) is 3.12. The largest absolute Gasteiger partial charge is 0.255 e. The number of nitrogens with zero attached hydrogens (tertiary/aromatic N) is 2. The van der Waals surface area contributed by atoms with Crippen LogP contribution in [-0.2, 0) is 10.0 Å². The zero-order chi connectivity index (χ0) is 17.4. The third-order valence-corrected chi connectivity index (χ3v) is 7.69. The molecular formula is C18H15ClN2O2S2. The summed E-state index contributed by atoms with van der Waals surface area (Å²) in [7, 11) is -3.67. The standard InChI is InChI=1S/C18H15ClN2O2S2/c19-15-7-1-5-14(12-15)18-21(10-11-24-18)25(22,23)16-8-2-4-13-6-3-9-20-17(13)16/h1-9,12,18H,10-11H2. The van der Waals surface area contributed by atoms with E-state index in [-0.39, 0.29) is 10.3 Å². The Hall–Kier alpha value is -1.60. The van der Waals surface area contributed by atoms with Gasteiger partial charge in [-0.2, -0.15) is 4.31 Å². The van der Waals surface area contributed by atoms with Gasteiger partial charge in [0.1, 0.15) is 4.90 Å². The van der Waals surface area contributed by atoms with Crippen molar-refractivity contribution in [3.63, 3.8) is 0 Å². The van der Waals surface area contributed by atoms with Gasteiger partial charge in [-0.05, 0) is 29.8 Å². The smallest absolute Gasteiger partial charge is 0.246 e. The van der Waals surface area contributed by atoms with Gasteiger partial charge in [0.05, 0.1) is 10.9 Å². The highest BCUT2D eigenvalue weighted by Crippen LogP contribution is 2.42. The fourth-order valence-electron chi connectivity index (χ4n) is 3.03. The van der Waals surface area contributed by atoms with Crippen LogP contribution in [0, 0.1) is 0 Å². The van der Waals surface area contributed by atoms with Crippen molar-refractivity contribution in [2.24, 2.45) is 0 Å². The second-order valence-electron chi connectivity index (χ2n) is 5.73. The Kier molecular flexibility index (Phi) is 4.45. The molecule has 128 valence electrons. The average molecular weight is 391 g/mol. The fraction of sp³-hybridized carbons (Fsp3) is 0.167. The second-order valence-corrected chi connectivity index (χ2v) is 9.21. The number of thioether (sulfide) groups is 1. The van der Waals surface area contributed by atoms with Crippen LogP contribution < -0.4 is 0 Å².